The standard InChI is InChI=1S/C44H26O2/c1-3-11-27(12-4-1)41-32-16-7-8-17-33(32)42(28-13-5-2-6-14-28)38-26-29(19-21-34(38)41)30-20-24-40-37(25-30)36-23-22-35-31-15-9-10-18-39(31)45-43(35)44(36)46-40/h1-26H. The van der Waals surface area contributed by atoms with Gasteiger partial charge in [-0.2, -0.15) is 0 Å². The van der Waals surface area contributed by atoms with Crippen LogP contribution in [0.15, 0.2) is 167 Å². The number of para-hydroxylation sites is 1. The summed E-state index contributed by atoms with van der Waals surface area (Å²) in [5, 5.41) is 9.32. The summed E-state index contributed by atoms with van der Waals surface area (Å²) in [4.78, 5) is 0. The highest BCUT2D eigenvalue weighted by Crippen LogP contribution is 2.45. The SMILES string of the molecule is c1ccc(-c2c3ccccc3c(-c3ccccc3)c3cc(-c4ccc5oc6c(ccc7c8ccccc8oc76)c5c4)ccc23)cc1. The smallest absolute Gasteiger partial charge is 0.178 e. The van der Waals surface area contributed by atoms with Crippen molar-refractivity contribution >= 4 is 65.4 Å². The molecule has 8 aromatic carbocycles. The Bertz CT molecular complexity index is 2780. The maximum absolute atomic E-state index is 6.45. The van der Waals surface area contributed by atoms with Crippen molar-refractivity contribution in [2.45, 2.75) is 0 Å². The van der Waals surface area contributed by atoms with Gasteiger partial charge in [0, 0.05) is 21.5 Å². The van der Waals surface area contributed by atoms with E-state index in [0.717, 1.165) is 49.4 Å². The summed E-state index contributed by atoms with van der Waals surface area (Å²) in [6, 6.07) is 56.3. The van der Waals surface area contributed by atoms with Gasteiger partial charge in [0.1, 0.15) is 11.2 Å². The zero-order valence-electron chi connectivity index (χ0n) is 24.8. The van der Waals surface area contributed by atoms with Crippen molar-refractivity contribution in [3.63, 3.8) is 0 Å². The van der Waals surface area contributed by atoms with E-state index >= 15 is 0 Å². The van der Waals surface area contributed by atoms with E-state index in [1.807, 2.05) is 18.2 Å². The normalized spacial score (nSPS) is 11.9. The van der Waals surface area contributed by atoms with Gasteiger partial charge in [-0.3, -0.25) is 0 Å². The Labute approximate surface area is 264 Å². The van der Waals surface area contributed by atoms with E-state index in [9.17, 15) is 0 Å². The molecular weight excluding hydrogens is 560 g/mol. The topological polar surface area (TPSA) is 26.3 Å². The summed E-state index contributed by atoms with van der Waals surface area (Å²) in [5.41, 5.74) is 10.6. The van der Waals surface area contributed by atoms with Gasteiger partial charge in [-0.05, 0) is 91.3 Å². The van der Waals surface area contributed by atoms with Crippen LogP contribution in [0.1, 0.15) is 0 Å². The number of hydrogen-bond acceptors (Lipinski definition) is 2. The summed E-state index contributed by atoms with van der Waals surface area (Å²) in [6.45, 7) is 0. The fourth-order valence-electron chi connectivity index (χ4n) is 7.39. The fraction of sp³-hybridized carbons (Fsp3) is 0. The van der Waals surface area contributed by atoms with Crippen LogP contribution in [0.3, 0.4) is 0 Å². The van der Waals surface area contributed by atoms with Gasteiger partial charge in [0.2, 0.25) is 0 Å². The lowest BCUT2D eigenvalue weighted by molar-refractivity contribution is 0.633. The molecule has 0 radical (unpaired) electrons. The third-order valence-corrected chi connectivity index (χ3v) is 9.47. The highest BCUT2D eigenvalue weighted by atomic mass is 16.4. The van der Waals surface area contributed by atoms with Crippen LogP contribution in [-0.2, 0) is 0 Å². The molecule has 0 fully saturated rings. The van der Waals surface area contributed by atoms with Crippen LogP contribution in [0.25, 0.3) is 98.8 Å². The average molecular weight is 587 g/mol. The van der Waals surface area contributed by atoms with Gasteiger partial charge in [-0.25, -0.2) is 0 Å². The second kappa shape index (κ2) is 9.69. The fourth-order valence-corrected chi connectivity index (χ4v) is 7.39. The van der Waals surface area contributed by atoms with Crippen molar-refractivity contribution in [2.24, 2.45) is 0 Å². The number of fused-ring (bicyclic) bond motifs is 9. The second-order valence-corrected chi connectivity index (χ2v) is 12.0. The van der Waals surface area contributed by atoms with E-state index in [1.165, 1.54) is 49.4 Å². The molecule has 0 N–H and O–H groups in total. The Hall–Kier alpha value is -6.12. The van der Waals surface area contributed by atoms with E-state index in [-0.39, 0.29) is 0 Å². The van der Waals surface area contributed by atoms with Crippen LogP contribution < -0.4 is 0 Å². The molecule has 46 heavy (non-hydrogen) atoms. The first-order valence-electron chi connectivity index (χ1n) is 15.7. The molecule has 0 aliphatic rings. The lowest BCUT2D eigenvalue weighted by Gasteiger charge is -2.18. The zero-order chi connectivity index (χ0) is 30.2. The predicted molar refractivity (Wildman–Crippen MR) is 192 cm³/mol. The molecule has 10 rings (SSSR count). The molecule has 2 heteroatoms. The molecule has 0 unspecified atom stereocenters. The van der Waals surface area contributed by atoms with Crippen LogP contribution in [0.4, 0.5) is 0 Å². The lowest BCUT2D eigenvalue weighted by atomic mass is 9.85. The predicted octanol–water partition coefficient (Wildman–Crippen LogP) is 12.8. The molecule has 0 amide bonds. The first kappa shape index (κ1) is 25.2. The zero-order valence-corrected chi connectivity index (χ0v) is 24.8. The molecule has 2 aromatic heterocycles. The highest BCUT2D eigenvalue weighted by Gasteiger charge is 2.19. The third-order valence-electron chi connectivity index (χ3n) is 9.47. The Morgan fingerprint density at radius 2 is 0.696 bits per heavy atom. The van der Waals surface area contributed by atoms with Crippen molar-refractivity contribution in [1.82, 2.24) is 0 Å². The van der Waals surface area contributed by atoms with Gasteiger partial charge >= 0.3 is 0 Å². The average Bonchev–Trinajstić information content (AvgIpc) is 3.69. The molecule has 0 bridgehead atoms. The van der Waals surface area contributed by atoms with E-state index in [4.69, 9.17) is 8.83 Å². The van der Waals surface area contributed by atoms with Gasteiger partial charge in [-0.15, -0.1) is 0 Å². The maximum Gasteiger partial charge on any atom is 0.178 e. The molecule has 2 heterocycles. The van der Waals surface area contributed by atoms with Crippen LogP contribution >= 0.6 is 0 Å². The minimum Gasteiger partial charge on any atom is -0.452 e. The molecular formula is C44H26O2. The van der Waals surface area contributed by atoms with Gasteiger partial charge in [0.25, 0.3) is 0 Å². The summed E-state index contributed by atoms with van der Waals surface area (Å²) in [5.74, 6) is 0. The molecule has 0 spiro atoms. The van der Waals surface area contributed by atoms with Crippen LogP contribution in [-0.4, -0.2) is 0 Å². The van der Waals surface area contributed by atoms with E-state index in [0.29, 0.717) is 0 Å². The minimum absolute atomic E-state index is 0.796. The first-order chi connectivity index (χ1) is 22.8. The van der Waals surface area contributed by atoms with Crippen molar-refractivity contribution in [1.29, 1.82) is 0 Å². The lowest BCUT2D eigenvalue weighted by Crippen LogP contribution is -1.91. The van der Waals surface area contributed by atoms with E-state index in [1.54, 1.807) is 0 Å². The van der Waals surface area contributed by atoms with E-state index in [2.05, 4.69) is 140 Å². The molecule has 214 valence electrons. The quantitative estimate of drug-likeness (QED) is 0.193. The summed E-state index contributed by atoms with van der Waals surface area (Å²) in [6.07, 6.45) is 0. The van der Waals surface area contributed by atoms with Crippen LogP contribution in [0.5, 0.6) is 0 Å². The maximum atomic E-state index is 6.45. The molecule has 0 aliphatic carbocycles. The number of rotatable bonds is 3. The second-order valence-electron chi connectivity index (χ2n) is 12.0. The largest absolute Gasteiger partial charge is 0.452 e. The molecule has 0 saturated heterocycles. The summed E-state index contributed by atoms with van der Waals surface area (Å²) < 4.78 is 12.8. The van der Waals surface area contributed by atoms with Gasteiger partial charge in [-0.1, -0.05) is 121 Å². The minimum atomic E-state index is 0.796. The van der Waals surface area contributed by atoms with Crippen molar-refractivity contribution in [2.75, 3.05) is 0 Å². The van der Waals surface area contributed by atoms with Gasteiger partial charge < -0.3 is 8.83 Å². The van der Waals surface area contributed by atoms with Crippen molar-refractivity contribution < 1.29 is 8.83 Å². The monoisotopic (exact) mass is 586 g/mol. The van der Waals surface area contributed by atoms with Crippen LogP contribution in [0, 0.1) is 0 Å². The third kappa shape index (κ3) is 3.65. The highest BCUT2D eigenvalue weighted by molar-refractivity contribution is 6.22. The Morgan fingerprint density at radius 3 is 1.35 bits per heavy atom. The first-order valence-corrected chi connectivity index (χ1v) is 15.7. The summed E-state index contributed by atoms with van der Waals surface area (Å²) >= 11 is 0. The molecule has 10 aromatic rings. The molecule has 2 nitrogen and oxygen atoms in total. The number of benzene rings is 8. The molecule has 0 saturated carbocycles. The number of hydrogen-bond donors (Lipinski definition) is 0. The van der Waals surface area contributed by atoms with Crippen molar-refractivity contribution in [3.8, 4) is 33.4 Å². The molecule has 0 aliphatic heterocycles. The van der Waals surface area contributed by atoms with Gasteiger partial charge in [0.15, 0.2) is 11.2 Å². The van der Waals surface area contributed by atoms with Crippen LogP contribution in [0.2, 0.25) is 0 Å². The Balaban J connectivity index is 1.24. The van der Waals surface area contributed by atoms with E-state index < -0.39 is 0 Å². The summed E-state index contributed by atoms with van der Waals surface area (Å²) in [7, 11) is 0. The Morgan fingerprint density at radius 1 is 0.261 bits per heavy atom. The molecule has 0 atom stereocenters. The Kier molecular flexibility index (Phi) is 5.31. The number of furan rings is 2. The van der Waals surface area contributed by atoms with Crippen molar-refractivity contribution in [3.05, 3.63) is 158 Å². The van der Waals surface area contributed by atoms with Gasteiger partial charge in [0.05, 0.1) is 0 Å².